The zero-order valence-corrected chi connectivity index (χ0v) is 11.6. The van der Waals surface area contributed by atoms with Gasteiger partial charge < -0.3 is 20.5 Å². The van der Waals surface area contributed by atoms with Crippen molar-refractivity contribution in [2.45, 2.75) is 6.54 Å². The largest absolute Gasteiger partial charge is 0.369 e. The third-order valence-electron chi connectivity index (χ3n) is 2.78. The fourth-order valence-corrected chi connectivity index (χ4v) is 2.01. The summed E-state index contributed by atoms with van der Waals surface area (Å²) in [6.45, 7) is 1.02. The first-order valence-electron chi connectivity index (χ1n) is 5.86. The number of nitrogens with two attached hydrogens (primary N) is 1. The number of benzene rings is 1. The molecule has 0 aliphatic rings. The quantitative estimate of drug-likeness (QED) is 0.896. The number of nitrogen functional groups attached to an aromatic ring is 1. The lowest BCUT2D eigenvalue weighted by Crippen LogP contribution is -2.36. The van der Waals surface area contributed by atoms with E-state index in [9.17, 15) is 4.79 Å². The average molecular weight is 282 g/mol. The van der Waals surface area contributed by atoms with Gasteiger partial charge >= 0.3 is 6.03 Å². The van der Waals surface area contributed by atoms with Gasteiger partial charge in [0.25, 0.3) is 0 Å². The smallest absolute Gasteiger partial charge is 0.316 e. The van der Waals surface area contributed by atoms with E-state index in [0.717, 1.165) is 5.52 Å². The van der Waals surface area contributed by atoms with Gasteiger partial charge in [-0.1, -0.05) is 17.7 Å². The first-order valence-corrected chi connectivity index (χ1v) is 6.24. The highest BCUT2D eigenvalue weighted by molar-refractivity contribution is 6.35. The molecule has 0 saturated carbocycles. The number of halogens is 1. The van der Waals surface area contributed by atoms with E-state index in [-0.39, 0.29) is 6.03 Å². The molecule has 0 aliphatic carbocycles. The van der Waals surface area contributed by atoms with E-state index in [4.69, 9.17) is 17.3 Å². The first kappa shape index (κ1) is 13.5. The van der Waals surface area contributed by atoms with Crippen LogP contribution in [0.4, 0.5) is 10.7 Å². The van der Waals surface area contributed by atoms with Crippen LogP contribution in [0.25, 0.3) is 11.0 Å². The van der Waals surface area contributed by atoms with Crippen molar-refractivity contribution in [1.82, 2.24) is 19.8 Å². The van der Waals surface area contributed by atoms with Crippen LogP contribution in [0.1, 0.15) is 0 Å². The Hall–Kier alpha value is -1.95. The molecule has 2 amide bonds. The van der Waals surface area contributed by atoms with Crippen LogP contribution in [0, 0.1) is 0 Å². The molecule has 0 spiro atoms. The predicted molar refractivity (Wildman–Crippen MR) is 76.2 cm³/mol. The van der Waals surface area contributed by atoms with Crippen molar-refractivity contribution in [3.8, 4) is 0 Å². The summed E-state index contributed by atoms with van der Waals surface area (Å²) in [5, 5.41) is 3.35. The number of carbonyl (C=O) groups excluding carboxylic acids is 1. The van der Waals surface area contributed by atoms with E-state index in [1.54, 1.807) is 20.2 Å². The van der Waals surface area contributed by atoms with Crippen LogP contribution < -0.4 is 11.1 Å². The monoisotopic (exact) mass is 281 g/mol. The molecule has 0 fully saturated rings. The number of urea groups is 1. The summed E-state index contributed by atoms with van der Waals surface area (Å²) < 4.78 is 1.83. The maximum absolute atomic E-state index is 11.4. The molecule has 7 heteroatoms. The maximum atomic E-state index is 11.4. The number of imidazole rings is 1. The van der Waals surface area contributed by atoms with Crippen molar-refractivity contribution in [3.05, 3.63) is 23.2 Å². The molecule has 2 rings (SSSR count). The van der Waals surface area contributed by atoms with Crippen LogP contribution in [0.3, 0.4) is 0 Å². The van der Waals surface area contributed by atoms with Gasteiger partial charge in [-0.15, -0.1) is 0 Å². The SMILES string of the molecule is CN(C)C(=O)NCCn1c(N)nc2c(Cl)cccc21. The number of rotatable bonds is 3. The van der Waals surface area contributed by atoms with Gasteiger partial charge in [-0.25, -0.2) is 9.78 Å². The number of fused-ring (bicyclic) bond motifs is 1. The Kier molecular flexibility index (Phi) is 3.80. The number of anilines is 1. The van der Waals surface area contributed by atoms with Gasteiger partial charge in [-0.3, -0.25) is 0 Å². The van der Waals surface area contributed by atoms with Gasteiger partial charge in [-0.2, -0.15) is 0 Å². The molecule has 6 nitrogen and oxygen atoms in total. The van der Waals surface area contributed by atoms with E-state index in [1.807, 2.05) is 16.7 Å². The van der Waals surface area contributed by atoms with Crippen molar-refractivity contribution < 1.29 is 4.79 Å². The maximum Gasteiger partial charge on any atom is 0.316 e. The Morgan fingerprint density at radius 1 is 1.53 bits per heavy atom. The van der Waals surface area contributed by atoms with E-state index in [0.29, 0.717) is 29.6 Å². The molecule has 102 valence electrons. The molecule has 1 aromatic heterocycles. The van der Waals surface area contributed by atoms with Crippen LogP contribution in [0.5, 0.6) is 0 Å². The summed E-state index contributed by atoms with van der Waals surface area (Å²) in [6.07, 6.45) is 0. The number of amides is 2. The molecule has 0 saturated heterocycles. The van der Waals surface area contributed by atoms with Crippen LogP contribution >= 0.6 is 11.6 Å². The molecule has 0 bridgehead atoms. The molecule has 1 aromatic carbocycles. The van der Waals surface area contributed by atoms with Gasteiger partial charge in [0.15, 0.2) is 0 Å². The second-order valence-electron chi connectivity index (χ2n) is 4.36. The van der Waals surface area contributed by atoms with Crippen molar-refractivity contribution >= 4 is 34.6 Å². The van der Waals surface area contributed by atoms with Crippen molar-refractivity contribution in [3.63, 3.8) is 0 Å². The van der Waals surface area contributed by atoms with E-state index in [2.05, 4.69) is 10.3 Å². The molecule has 0 aliphatic heterocycles. The van der Waals surface area contributed by atoms with Gasteiger partial charge in [0, 0.05) is 27.2 Å². The highest BCUT2D eigenvalue weighted by Gasteiger charge is 2.10. The van der Waals surface area contributed by atoms with Gasteiger partial charge in [0.1, 0.15) is 5.52 Å². The second-order valence-corrected chi connectivity index (χ2v) is 4.76. The van der Waals surface area contributed by atoms with Crippen LogP contribution in [0.2, 0.25) is 5.02 Å². The minimum Gasteiger partial charge on any atom is -0.369 e. The minimum absolute atomic E-state index is 0.138. The third kappa shape index (κ3) is 2.73. The third-order valence-corrected chi connectivity index (χ3v) is 3.08. The molecular formula is C12H16ClN5O. The topological polar surface area (TPSA) is 76.2 Å². The van der Waals surface area contributed by atoms with Crippen molar-refractivity contribution in [1.29, 1.82) is 0 Å². The zero-order chi connectivity index (χ0) is 14.0. The standard InChI is InChI=1S/C12H16ClN5O/c1-17(2)12(19)15-6-7-18-9-5-3-4-8(13)10(9)16-11(18)14/h3-5H,6-7H2,1-2H3,(H2,14,16)(H,15,19). The fourth-order valence-electron chi connectivity index (χ4n) is 1.80. The molecule has 0 radical (unpaired) electrons. The molecule has 0 unspecified atom stereocenters. The van der Waals surface area contributed by atoms with Crippen LogP contribution in [0.15, 0.2) is 18.2 Å². The van der Waals surface area contributed by atoms with Crippen LogP contribution in [-0.2, 0) is 6.54 Å². The summed E-state index contributed by atoms with van der Waals surface area (Å²) in [5.41, 5.74) is 7.42. The Morgan fingerprint density at radius 2 is 2.26 bits per heavy atom. The van der Waals surface area contributed by atoms with Crippen molar-refractivity contribution in [2.24, 2.45) is 0 Å². The molecule has 3 N–H and O–H groups in total. The van der Waals surface area contributed by atoms with Gasteiger partial charge in [-0.05, 0) is 12.1 Å². The Bertz CT molecular complexity index is 607. The lowest BCUT2D eigenvalue weighted by atomic mass is 10.3. The fraction of sp³-hybridized carbons (Fsp3) is 0.333. The van der Waals surface area contributed by atoms with E-state index < -0.39 is 0 Å². The minimum atomic E-state index is -0.138. The second kappa shape index (κ2) is 5.36. The lowest BCUT2D eigenvalue weighted by Gasteiger charge is -2.12. The molecule has 19 heavy (non-hydrogen) atoms. The predicted octanol–water partition coefficient (Wildman–Crippen LogP) is 1.54. The van der Waals surface area contributed by atoms with Crippen molar-refractivity contribution in [2.75, 3.05) is 26.4 Å². The first-order chi connectivity index (χ1) is 9.00. The Morgan fingerprint density at radius 3 is 2.95 bits per heavy atom. The number of nitrogens with zero attached hydrogens (tertiary/aromatic N) is 3. The number of hydrogen-bond donors (Lipinski definition) is 2. The number of hydrogen-bond acceptors (Lipinski definition) is 3. The molecular weight excluding hydrogens is 266 g/mol. The summed E-state index contributed by atoms with van der Waals surface area (Å²) >= 11 is 6.06. The zero-order valence-electron chi connectivity index (χ0n) is 10.9. The van der Waals surface area contributed by atoms with E-state index >= 15 is 0 Å². The average Bonchev–Trinajstić information content (AvgIpc) is 2.68. The number of aromatic nitrogens is 2. The highest BCUT2D eigenvalue weighted by atomic mass is 35.5. The summed E-state index contributed by atoms with van der Waals surface area (Å²) in [6, 6.07) is 5.38. The summed E-state index contributed by atoms with van der Waals surface area (Å²) in [7, 11) is 3.38. The number of carbonyl (C=O) groups is 1. The molecule has 2 aromatic rings. The highest BCUT2D eigenvalue weighted by Crippen LogP contribution is 2.24. The number of para-hydroxylation sites is 1. The molecule has 1 heterocycles. The summed E-state index contributed by atoms with van der Waals surface area (Å²) in [5.74, 6) is 0.391. The normalized spacial score (nSPS) is 10.7. The lowest BCUT2D eigenvalue weighted by molar-refractivity contribution is 0.217. The molecule has 0 atom stereocenters. The number of nitrogens with one attached hydrogen (secondary N) is 1. The Balaban J connectivity index is 2.15. The summed E-state index contributed by atoms with van der Waals surface area (Å²) in [4.78, 5) is 17.1. The Labute approximate surface area is 116 Å². The van der Waals surface area contributed by atoms with Gasteiger partial charge in [0.05, 0.1) is 10.5 Å². The van der Waals surface area contributed by atoms with E-state index in [1.165, 1.54) is 4.90 Å². The van der Waals surface area contributed by atoms with Crippen LogP contribution in [-0.4, -0.2) is 41.1 Å². The van der Waals surface area contributed by atoms with Gasteiger partial charge in [0.2, 0.25) is 5.95 Å².